The van der Waals surface area contributed by atoms with E-state index in [4.69, 9.17) is 33.3 Å². The molecule has 0 saturated carbocycles. The summed E-state index contributed by atoms with van der Waals surface area (Å²) in [4.78, 5) is 14.8. The van der Waals surface area contributed by atoms with Gasteiger partial charge in [0, 0.05) is 5.02 Å². The van der Waals surface area contributed by atoms with E-state index in [1.54, 1.807) is 49.6 Å². The van der Waals surface area contributed by atoms with Crippen LogP contribution in [0.25, 0.3) is 6.08 Å². The molecule has 2 aromatic rings. The van der Waals surface area contributed by atoms with Crippen molar-refractivity contribution in [2.24, 2.45) is 0 Å². The van der Waals surface area contributed by atoms with Gasteiger partial charge in [-0.25, -0.2) is 0 Å². The number of anilines is 1. The van der Waals surface area contributed by atoms with E-state index in [9.17, 15) is 4.79 Å². The van der Waals surface area contributed by atoms with Gasteiger partial charge >= 0.3 is 0 Å². The number of ether oxygens (including phenoxy) is 2. The van der Waals surface area contributed by atoms with Crippen LogP contribution in [0.2, 0.25) is 5.02 Å². The van der Waals surface area contributed by atoms with Gasteiger partial charge in [0.1, 0.15) is 6.61 Å². The first-order valence-corrected chi connectivity index (χ1v) is 9.59. The molecule has 3 rings (SSSR count). The molecule has 138 valence electrons. The van der Waals surface area contributed by atoms with E-state index in [0.717, 1.165) is 5.56 Å². The Morgan fingerprint density at radius 3 is 2.78 bits per heavy atom. The molecule has 0 N–H and O–H groups in total. The molecule has 0 spiro atoms. The summed E-state index contributed by atoms with van der Waals surface area (Å²) in [6, 6.07) is 12.5. The zero-order valence-corrected chi connectivity index (χ0v) is 16.9. The van der Waals surface area contributed by atoms with E-state index in [1.807, 2.05) is 12.1 Å². The van der Waals surface area contributed by atoms with Crippen LogP contribution in [0.3, 0.4) is 0 Å². The lowest BCUT2D eigenvalue weighted by Crippen LogP contribution is -2.27. The number of methoxy groups -OCH3 is 1. The Morgan fingerprint density at radius 1 is 1.26 bits per heavy atom. The minimum atomic E-state index is -0.182. The number of rotatable bonds is 6. The summed E-state index contributed by atoms with van der Waals surface area (Å²) in [5.41, 5.74) is 1.46. The molecule has 0 aliphatic carbocycles. The van der Waals surface area contributed by atoms with Gasteiger partial charge in [-0.15, -0.1) is 0 Å². The van der Waals surface area contributed by atoms with E-state index in [0.29, 0.717) is 38.0 Å². The lowest BCUT2D eigenvalue weighted by atomic mass is 10.2. The van der Waals surface area contributed by atoms with Gasteiger partial charge in [-0.05, 0) is 42.0 Å². The van der Waals surface area contributed by atoms with Crippen LogP contribution >= 0.6 is 35.6 Å². The summed E-state index contributed by atoms with van der Waals surface area (Å²) in [6.45, 7) is 4.01. The number of carbonyl (C=O) groups is 1. The molecular weight excluding hydrogens is 402 g/mol. The van der Waals surface area contributed by atoms with Gasteiger partial charge in [0.05, 0.1) is 17.7 Å². The van der Waals surface area contributed by atoms with Gasteiger partial charge < -0.3 is 9.47 Å². The van der Waals surface area contributed by atoms with Crippen LogP contribution in [-0.4, -0.2) is 23.9 Å². The number of hydrogen-bond acceptors (Lipinski definition) is 5. The van der Waals surface area contributed by atoms with Crippen molar-refractivity contribution in [3.8, 4) is 11.5 Å². The Hall–Kier alpha value is -2.28. The van der Waals surface area contributed by atoms with Crippen LogP contribution in [-0.2, 0) is 4.79 Å². The highest BCUT2D eigenvalue weighted by Crippen LogP contribution is 2.37. The number of nitrogens with zero attached hydrogens (tertiary/aromatic N) is 1. The van der Waals surface area contributed by atoms with E-state index in [1.165, 1.54) is 16.7 Å². The predicted octanol–water partition coefficient (Wildman–Crippen LogP) is 5.32. The molecule has 27 heavy (non-hydrogen) atoms. The summed E-state index contributed by atoms with van der Waals surface area (Å²) in [5, 5.41) is 0.547. The fourth-order valence-electron chi connectivity index (χ4n) is 2.50. The molecule has 0 radical (unpaired) electrons. The number of hydrogen-bond donors (Lipinski definition) is 0. The summed E-state index contributed by atoms with van der Waals surface area (Å²) in [7, 11) is 1.57. The number of benzene rings is 2. The fraction of sp³-hybridized carbons (Fsp3) is 0.100. The van der Waals surface area contributed by atoms with E-state index in [-0.39, 0.29) is 5.91 Å². The third-order valence-electron chi connectivity index (χ3n) is 3.70. The lowest BCUT2D eigenvalue weighted by molar-refractivity contribution is -0.113. The molecule has 4 nitrogen and oxygen atoms in total. The van der Waals surface area contributed by atoms with Crippen LogP contribution < -0.4 is 14.4 Å². The molecule has 0 unspecified atom stereocenters. The average Bonchev–Trinajstić information content (AvgIpc) is 2.93. The molecule has 1 fully saturated rings. The van der Waals surface area contributed by atoms with Gasteiger partial charge in [-0.3, -0.25) is 9.69 Å². The van der Waals surface area contributed by atoms with Crippen molar-refractivity contribution >= 4 is 57.6 Å². The lowest BCUT2D eigenvalue weighted by Gasteiger charge is -2.14. The molecule has 0 bridgehead atoms. The van der Waals surface area contributed by atoms with Crippen molar-refractivity contribution in [1.29, 1.82) is 0 Å². The van der Waals surface area contributed by atoms with Gasteiger partial charge in [0.15, 0.2) is 15.8 Å². The second-order valence-electron chi connectivity index (χ2n) is 5.51. The average molecular weight is 418 g/mol. The Morgan fingerprint density at radius 2 is 2.07 bits per heavy atom. The highest BCUT2D eigenvalue weighted by molar-refractivity contribution is 8.27. The Labute approximate surface area is 172 Å². The Balaban J connectivity index is 1.88. The van der Waals surface area contributed by atoms with Crippen molar-refractivity contribution in [3.63, 3.8) is 0 Å². The van der Waals surface area contributed by atoms with Gasteiger partial charge in [0.2, 0.25) is 0 Å². The smallest absolute Gasteiger partial charge is 0.270 e. The third kappa shape index (κ3) is 4.35. The molecule has 7 heteroatoms. The normalized spacial score (nSPS) is 15.3. The third-order valence-corrected chi connectivity index (χ3v) is 5.24. The SMILES string of the molecule is C=CCOc1ccc(/C=C2/SC(=S)N(c3cccc(Cl)c3)C2=O)cc1OC. The number of thioether (sulfide) groups is 1. The number of thiocarbonyl (C=S) groups is 1. The first-order valence-electron chi connectivity index (χ1n) is 7.98. The van der Waals surface area contributed by atoms with Gasteiger partial charge in [0.25, 0.3) is 5.91 Å². The second kappa shape index (κ2) is 8.61. The minimum Gasteiger partial charge on any atom is -0.493 e. The maximum absolute atomic E-state index is 12.8. The first-order chi connectivity index (χ1) is 13.0. The molecule has 1 heterocycles. The van der Waals surface area contributed by atoms with Crippen LogP contribution in [0.1, 0.15) is 5.56 Å². The molecule has 1 aliphatic rings. The van der Waals surface area contributed by atoms with Crippen LogP contribution in [0.15, 0.2) is 60.0 Å². The zero-order valence-electron chi connectivity index (χ0n) is 14.5. The molecule has 0 aromatic heterocycles. The molecule has 1 saturated heterocycles. The maximum atomic E-state index is 12.8. The van der Waals surface area contributed by atoms with Gasteiger partial charge in [-0.2, -0.15) is 0 Å². The van der Waals surface area contributed by atoms with Crippen molar-refractivity contribution in [1.82, 2.24) is 0 Å². The summed E-state index contributed by atoms with van der Waals surface area (Å²) in [5.74, 6) is 1.01. The molecule has 0 atom stereocenters. The first kappa shape index (κ1) is 19.5. The largest absolute Gasteiger partial charge is 0.493 e. The predicted molar refractivity (Wildman–Crippen MR) is 116 cm³/mol. The molecule has 1 aliphatic heterocycles. The van der Waals surface area contributed by atoms with E-state index >= 15 is 0 Å². The standard InChI is InChI=1S/C20H16ClNO3S2/c1-3-9-25-16-8-7-13(10-17(16)24-2)11-18-19(23)22(20(26)27-18)15-6-4-5-14(21)12-15/h3-8,10-12H,1,9H2,2H3/b18-11+. The summed E-state index contributed by atoms with van der Waals surface area (Å²) >= 11 is 12.7. The highest BCUT2D eigenvalue weighted by Gasteiger charge is 2.33. The Bertz CT molecular complexity index is 943. The highest BCUT2D eigenvalue weighted by atomic mass is 35.5. The summed E-state index contributed by atoms with van der Waals surface area (Å²) < 4.78 is 11.4. The van der Waals surface area contributed by atoms with Crippen molar-refractivity contribution < 1.29 is 14.3 Å². The maximum Gasteiger partial charge on any atom is 0.270 e. The van der Waals surface area contributed by atoms with Crippen molar-refractivity contribution in [2.75, 3.05) is 18.6 Å². The van der Waals surface area contributed by atoms with E-state index in [2.05, 4.69) is 6.58 Å². The zero-order chi connectivity index (χ0) is 19.4. The number of halogens is 1. The van der Waals surface area contributed by atoms with Crippen molar-refractivity contribution in [3.05, 3.63) is 70.6 Å². The number of carbonyl (C=O) groups excluding carboxylic acids is 1. The van der Waals surface area contributed by atoms with Gasteiger partial charge in [-0.1, -0.05) is 60.4 Å². The van der Waals surface area contributed by atoms with Crippen LogP contribution in [0.5, 0.6) is 11.5 Å². The van der Waals surface area contributed by atoms with Crippen LogP contribution in [0, 0.1) is 0 Å². The van der Waals surface area contributed by atoms with Crippen LogP contribution in [0.4, 0.5) is 5.69 Å². The minimum absolute atomic E-state index is 0.182. The number of amides is 1. The topological polar surface area (TPSA) is 38.8 Å². The second-order valence-corrected chi connectivity index (χ2v) is 7.62. The Kier molecular flexibility index (Phi) is 6.21. The molecule has 1 amide bonds. The van der Waals surface area contributed by atoms with Crippen molar-refractivity contribution in [2.45, 2.75) is 0 Å². The molecule has 2 aromatic carbocycles. The van der Waals surface area contributed by atoms with E-state index < -0.39 is 0 Å². The quantitative estimate of drug-likeness (QED) is 0.361. The molecular formula is C20H16ClNO3S2. The fourth-order valence-corrected chi connectivity index (χ4v) is 3.98. The summed E-state index contributed by atoms with van der Waals surface area (Å²) in [6.07, 6.45) is 3.44. The monoisotopic (exact) mass is 417 g/mol.